The summed E-state index contributed by atoms with van der Waals surface area (Å²) in [6.07, 6.45) is 3.14. The van der Waals surface area contributed by atoms with Crippen LogP contribution in [0.5, 0.6) is 0 Å². The van der Waals surface area contributed by atoms with E-state index in [1.165, 1.54) is 10.2 Å². The summed E-state index contributed by atoms with van der Waals surface area (Å²) in [5, 5.41) is 8.21. The summed E-state index contributed by atoms with van der Waals surface area (Å²) in [5.74, 6) is 0. The van der Waals surface area contributed by atoms with Crippen LogP contribution < -0.4 is 5.32 Å². The summed E-state index contributed by atoms with van der Waals surface area (Å²) in [5.41, 5.74) is 2.72. The van der Waals surface area contributed by atoms with Gasteiger partial charge in [-0.2, -0.15) is 5.10 Å². The van der Waals surface area contributed by atoms with E-state index >= 15 is 0 Å². The molecule has 0 saturated carbocycles. The summed E-state index contributed by atoms with van der Waals surface area (Å²) in [6, 6.07) is 0. The van der Waals surface area contributed by atoms with E-state index in [0.717, 1.165) is 51.2 Å². The van der Waals surface area contributed by atoms with Crippen LogP contribution >= 0.6 is 15.9 Å². The number of methoxy groups -OCH3 is 1. The first-order valence-electron chi connectivity index (χ1n) is 7.95. The first kappa shape index (κ1) is 18.7. The quantitative estimate of drug-likeness (QED) is 0.650. The van der Waals surface area contributed by atoms with Gasteiger partial charge in [0.15, 0.2) is 0 Å². The average molecular weight is 360 g/mol. The van der Waals surface area contributed by atoms with Crippen LogP contribution in [0.3, 0.4) is 0 Å². The Balaban J connectivity index is 2.82. The lowest BCUT2D eigenvalue weighted by molar-refractivity contribution is 0.190. The van der Waals surface area contributed by atoms with Crippen molar-refractivity contribution in [3.8, 4) is 0 Å². The molecule has 1 aromatic rings. The molecule has 0 aromatic carbocycles. The van der Waals surface area contributed by atoms with Crippen molar-refractivity contribution >= 4 is 15.9 Å². The van der Waals surface area contributed by atoms with Crippen LogP contribution in [0, 0.1) is 5.41 Å². The second-order valence-corrected chi connectivity index (χ2v) is 6.68. The first-order chi connectivity index (χ1) is 10.0. The van der Waals surface area contributed by atoms with Gasteiger partial charge in [0.25, 0.3) is 0 Å². The maximum atomic E-state index is 5.10. The van der Waals surface area contributed by atoms with Crippen molar-refractivity contribution in [2.24, 2.45) is 5.41 Å². The highest BCUT2D eigenvalue weighted by Crippen LogP contribution is 2.31. The maximum absolute atomic E-state index is 5.10. The minimum Gasteiger partial charge on any atom is -0.383 e. The lowest BCUT2D eigenvalue weighted by atomic mass is 9.82. The molecule has 4 nitrogen and oxygen atoms in total. The predicted molar refractivity (Wildman–Crippen MR) is 91.8 cm³/mol. The van der Waals surface area contributed by atoms with Gasteiger partial charge in [0, 0.05) is 26.7 Å². The van der Waals surface area contributed by atoms with E-state index in [0.29, 0.717) is 0 Å². The smallest absolute Gasteiger partial charge is 0.0766 e. The van der Waals surface area contributed by atoms with Gasteiger partial charge in [0.1, 0.15) is 0 Å². The van der Waals surface area contributed by atoms with Gasteiger partial charge in [-0.15, -0.1) is 0 Å². The Morgan fingerprint density at radius 2 is 2.05 bits per heavy atom. The molecule has 0 spiro atoms. The number of nitrogens with one attached hydrogen (secondary N) is 1. The Bertz CT molecular complexity index is 433. The predicted octanol–water partition coefficient (Wildman–Crippen LogP) is 3.42. The van der Waals surface area contributed by atoms with Crippen LogP contribution in [-0.2, 0) is 24.1 Å². The van der Waals surface area contributed by atoms with Crippen molar-refractivity contribution < 1.29 is 4.74 Å². The van der Waals surface area contributed by atoms with Crippen LogP contribution in [0.25, 0.3) is 0 Å². The highest BCUT2D eigenvalue weighted by molar-refractivity contribution is 9.10. The number of hydrogen-bond donors (Lipinski definition) is 1. The fourth-order valence-electron chi connectivity index (χ4n) is 2.47. The Morgan fingerprint density at radius 1 is 1.33 bits per heavy atom. The molecular formula is C16H30BrN3O. The first-order valence-corrected chi connectivity index (χ1v) is 8.74. The van der Waals surface area contributed by atoms with E-state index in [1.54, 1.807) is 7.11 Å². The second kappa shape index (κ2) is 8.91. The SMILES string of the molecule is CCc1nn(CC)c(CC(C)(CC)CNCCOC)c1Br. The van der Waals surface area contributed by atoms with Crippen LogP contribution in [0.15, 0.2) is 4.47 Å². The van der Waals surface area contributed by atoms with Crippen LogP contribution in [-0.4, -0.2) is 36.6 Å². The Hall–Kier alpha value is -0.390. The summed E-state index contributed by atoms with van der Waals surface area (Å²) >= 11 is 3.75. The van der Waals surface area contributed by atoms with E-state index in [2.05, 4.69) is 53.6 Å². The zero-order valence-electron chi connectivity index (χ0n) is 14.1. The van der Waals surface area contributed by atoms with Gasteiger partial charge in [0.2, 0.25) is 0 Å². The summed E-state index contributed by atoms with van der Waals surface area (Å²) in [7, 11) is 1.74. The van der Waals surface area contributed by atoms with Gasteiger partial charge < -0.3 is 10.1 Å². The fraction of sp³-hybridized carbons (Fsp3) is 0.812. The lowest BCUT2D eigenvalue weighted by Crippen LogP contribution is -2.35. The number of nitrogens with zero attached hydrogens (tertiary/aromatic N) is 2. The Morgan fingerprint density at radius 3 is 2.57 bits per heavy atom. The largest absolute Gasteiger partial charge is 0.383 e. The number of hydrogen-bond acceptors (Lipinski definition) is 3. The molecule has 122 valence electrons. The molecule has 1 unspecified atom stereocenters. The van der Waals surface area contributed by atoms with E-state index in [4.69, 9.17) is 9.84 Å². The van der Waals surface area contributed by atoms with Crippen molar-refractivity contribution in [1.29, 1.82) is 0 Å². The maximum Gasteiger partial charge on any atom is 0.0766 e. The molecule has 0 aliphatic rings. The third-order valence-electron chi connectivity index (χ3n) is 4.18. The second-order valence-electron chi connectivity index (χ2n) is 5.89. The fourth-order valence-corrected chi connectivity index (χ4v) is 3.17. The van der Waals surface area contributed by atoms with Crippen molar-refractivity contribution in [3.63, 3.8) is 0 Å². The molecule has 1 heterocycles. The minimum absolute atomic E-state index is 0.230. The van der Waals surface area contributed by atoms with Crippen LogP contribution in [0.1, 0.15) is 45.5 Å². The zero-order valence-corrected chi connectivity index (χ0v) is 15.7. The van der Waals surface area contributed by atoms with Gasteiger partial charge in [0.05, 0.1) is 22.5 Å². The monoisotopic (exact) mass is 359 g/mol. The molecule has 0 aliphatic carbocycles. The van der Waals surface area contributed by atoms with E-state index < -0.39 is 0 Å². The number of aryl methyl sites for hydroxylation is 2. The molecule has 0 saturated heterocycles. The van der Waals surface area contributed by atoms with E-state index in [1.807, 2.05) is 0 Å². The van der Waals surface area contributed by atoms with Crippen LogP contribution in [0.4, 0.5) is 0 Å². The third-order valence-corrected chi connectivity index (χ3v) is 5.09. The third kappa shape index (κ3) is 5.08. The molecule has 5 heteroatoms. The zero-order chi connectivity index (χ0) is 15.9. The average Bonchev–Trinajstić information content (AvgIpc) is 2.79. The molecule has 1 N–H and O–H groups in total. The van der Waals surface area contributed by atoms with Crippen LogP contribution in [0.2, 0.25) is 0 Å². The molecule has 0 bridgehead atoms. The van der Waals surface area contributed by atoms with Gasteiger partial charge in [-0.3, -0.25) is 4.68 Å². The highest BCUT2D eigenvalue weighted by atomic mass is 79.9. The number of aromatic nitrogens is 2. The number of ether oxygens (including phenoxy) is 1. The van der Waals surface area contributed by atoms with Gasteiger partial charge >= 0.3 is 0 Å². The van der Waals surface area contributed by atoms with E-state index in [9.17, 15) is 0 Å². The molecule has 1 atom stereocenters. The molecule has 21 heavy (non-hydrogen) atoms. The molecule has 1 aromatic heterocycles. The number of halogens is 1. The molecule has 1 rings (SSSR count). The Labute approximate surface area is 137 Å². The molecule has 0 amide bonds. The normalized spacial score (nSPS) is 14.4. The summed E-state index contributed by atoms with van der Waals surface area (Å²) in [4.78, 5) is 0. The van der Waals surface area contributed by atoms with Crippen molar-refractivity contribution in [3.05, 3.63) is 15.9 Å². The van der Waals surface area contributed by atoms with E-state index in [-0.39, 0.29) is 5.41 Å². The van der Waals surface area contributed by atoms with Gasteiger partial charge in [-0.25, -0.2) is 0 Å². The van der Waals surface area contributed by atoms with Gasteiger partial charge in [-0.1, -0.05) is 20.8 Å². The van der Waals surface area contributed by atoms with Gasteiger partial charge in [-0.05, 0) is 47.5 Å². The molecule has 0 radical (unpaired) electrons. The highest BCUT2D eigenvalue weighted by Gasteiger charge is 2.26. The lowest BCUT2D eigenvalue weighted by Gasteiger charge is -2.29. The standard InChI is InChI=1S/C16H30BrN3O/c1-6-13-15(17)14(20(8-3)19-13)11-16(4,7-2)12-18-9-10-21-5/h18H,6-12H2,1-5H3. The number of rotatable bonds is 10. The van der Waals surface area contributed by atoms with Crippen molar-refractivity contribution in [1.82, 2.24) is 15.1 Å². The topological polar surface area (TPSA) is 39.1 Å². The summed E-state index contributed by atoms with van der Waals surface area (Å²) < 4.78 is 8.44. The van der Waals surface area contributed by atoms with Crippen molar-refractivity contribution in [2.75, 3.05) is 26.8 Å². The summed E-state index contributed by atoms with van der Waals surface area (Å²) in [6.45, 7) is 12.5. The molecular weight excluding hydrogens is 330 g/mol. The Kier molecular flexibility index (Phi) is 7.92. The minimum atomic E-state index is 0.230. The van der Waals surface area contributed by atoms with Crippen molar-refractivity contribution in [2.45, 2.75) is 53.5 Å². The molecule has 0 fully saturated rings. The molecule has 0 aliphatic heterocycles.